The van der Waals surface area contributed by atoms with Crippen molar-refractivity contribution in [1.82, 2.24) is 15.1 Å². The molecule has 164 valence electrons. The van der Waals surface area contributed by atoms with Crippen molar-refractivity contribution in [3.05, 3.63) is 0 Å². The third kappa shape index (κ3) is 5.22. The van der Waals surface area contributed by atoms with Crippen LogP contribution >= 0.6 is 0 Å². The lowest BCUT2D eigenvalue weighted by molar-refractivity contribution is -0.145. The molecular weight excluding hydrogens is 382 g/mol. The first-order chi connectivity index (χ1) is 13.5. The monoisotopic (exact) mass is 413 g/mol. The van der Waals surface area contributed by atoms with Crippen LogP contribution in [0.1, 0.15) is 33.1 Å². The maximum Gasteiger partial charge on any atom is 0.245 e. The van der Waals surface area contributed by atoms with Crippen LogP contribution in [-0.2, 0) is 19.2 Å². The molecule has 0 unspecified atom stereocenters. The first-order valence-electron chi connectivity index (χ1n) is 9.85. The second-order valence-electron chi connectivity index (χ2n) is 7.86. The Labute approximate surface area is 169 Å². The summed E-state index contributed by atoms with van der Waals surface area (Å²) in [4.78, 5) is 52.1. The van der Waals surface area contributed by atoms with Crippen LogP contribution in [0.15, 0.2) is 0 Å². The highest BCUT2D eigenvalue weighted by molar-refractivity contribution is 5.92. The van der Waals surface area contributed by atoms with E-state index in [0.717, 1.165) is 0 Å². The van der Waals surface area contributed by atoms with Gasteiger partial charge in [0.25, 0.3) is 0 Å². The second kappa shape index (κ2) is 9.51. The van der Waals surface area contributed by atoms with Gasteiger partial charge in [0.2, 0.25) is 23.6 Å². The number of nitrogens with two attached hydrogens (primary N) is 2. The molecule has 2 fully saturated rings. The summed E-state index contributed by atoms with van der Waals surface area (Å²) in [6.07, 6.45) is -0.605. The first kappa shape index (κ1) is 23.0. The number of carbonyl (C=O) groups excluding carboxylic acids is 4. The third-order valence-electron chi connectivity index (χ3n) is 5.58. The summed E-state index contributed by atoms with van der Waals surface area (Å²) in [7, 11) is 0. The smallest absolute Gasteiger partial charge is 0.245 e. The van der Waals surface area contributed by atoms with E-state index >= 15 is 0 Å². The average molecular weight is 413 g/mol. The zero-order chi connectivity index (χ0) is 21.9. The van der Waals surface area contributed by atoms with Gasteiger partial charge in [-0.1, -0.05) is 0 Å². The third-order valence-corrected chi connectivity index (χ3v) is 5.58. The van der Waals surface area contributed by atoms with Gasteiger partial charge in [-0.25, -0.2) is 0 Å². The molecule has 0 aromatic carbocycles. The summed E-state index contributed by atoms with van der Waals surface area (Å²) in [5, 5.41) is 21.6. The van der Waals surface area contributed by atoms with Crippen molar-refractivity contribution >= 4 is 23.6 Å². The van der Waals surface area contributed by atoms with Gasteiger partial charge in [-0.05, 0) is 33.1 Å². The molecule has 7 N–H and O–H groups in total. The number of nitrogens with zero attached hydrogens (tertiary/aromatic N) is 2. The number of primary amides is 1. The summed E-state index contributed by atoms with van der Waals surface area (Å²) in [5.74, 6) is -2.56. The Morgan fingerprint density at radius 1 is 1.07 bits per heavy atom. The van der Waals surface area contributed by atoms with Crippen molar-refractivity contribution < 1.29 is 29.4 Å². The standard InChI is InChI=1S/C18H31N5O6/c1-9(24)13(19)18(29)23-6-3-4-12(23)17(28)22-7-5-11(8-22)16(27)21-14(10(2)25)15(20)26/h9-14,24-25H,3-8,19H2,1-2H3,(H2,20,26)(H,21,27)/t9-,10-,11-,12-,13+,14+/m1/s1. The zero-order valence-electron chi connectivity index (χ0n) is 16.8. The largest absolute Gasteiger partial charge is 0.391 e. The normalized spacial score (nSPS) is 26.0. The molecule has 6 atom stereocenters. The minimum atomic E-state index is -1.20. The van der Waals surface area contributed by atoms with Crippen LogP contribution in [0.4, 0.5) is 0 Å². The molecule has 0 bridgehead atoms. The molecule has 0 aromatic rings. The Morgan fingerprint density at radius 3 is 2.28 bits per heavy atom. The molecule has 11 heteroatoms. The Kier molecular flexibility index (Phi) is 7.55. The molecule has 0 radical (unpaired) electrons. The number of nitrogens with one attached hydrogen (secondary N) is 1. The number of amides is 4. The van der Waals surface area contributed by atoms with Crippen molar-refractivity contribution in [1.29, 1.82) is 0 Å². The molecule has 2 aliphatic rings. The van der Waals surface area contributed by atoms with Crippen molar-refractivity contribution in [3.8, 4) is 0 Å². The Hall–Kier alpha value is -2.24. The summed E-state index contributed by atoms with van der Waals surface area (Å²) < 4.78 is 0. The van der Waals surface area contributed by atoms with Crippen LogP contribution in [0.25, 0.3) is 0 Å². The predicted octanol–water partition coefficient (Wildman–Crippen LogP) is -3.12. The lowest BCUT2D eigenvalue weighted by Crippen LogP contribution is -2.55. The lowest BCUT2D eigenvalue weighted by atomic mass is 10.1. The van der Waals surface area contributed by atoms with Gasteiger partial charge >= 0.3 is 0 Å². The summed E-state index contributed by atoms with van der Waals surface area (Å²) in [5.41, 5.74) is 10.9. The fourth-order valence-electron chi connectivity index (χ4n) is 3.77. The van der Waals surface area contributed by atoms with Gasteiger partial charge < -0.3 is 36.8 Å². The summed E-state index contributed by atoms with van der Waals surface area (Å²) in [6, 6.07) is -2.95. The van der Waals surface area contributed by atoms with Crippen LogP contribution in [0.5, 0.6) is 0 Å². The van der Waals surface area contributed by atoms with E-state index in [0.29, 0.717) is 32.4 Å². The SMILES string of the molecule is C[C@@H](O)[C@H](N)C(=O)N1CCC[C@@H]1C(=O)N1CC[C@@H](C(=O)N[C@H](C(N)=O)[C@@H](C)O)C1. The molecule has 0 aromatic heterocycles. The number of likely N-dealkylation sites (tertiary alicyclic amines) is 2. The molecule has 29 heavy (non-hydrogen) atoms. The molecule has 0 aliphatic carbocycles. The van der Waals surface area contributed by atoms with Gasteiger partial charge in [-0.3, -0.25) is 19.2 Å². The first-order valence-corrected chi connectivity index (χ1v) is 9.85. The predicted molar refractivity (Wildman–Crippen MR) is 102 cm³/mol. The summed E-state index contributed by atoms with van der Waals surface area (Å²) >= 11 is 0. The number of aliphatic hydroxyl groups is 2. The van der Waals surface area contributed by atoms with Gasteiger partial charge in [0, 0.05) is 19.6 Å². The number of rotatable bonds is 7. The van der Waals surface area contributed by atoms with Crippen LogP contribution in [0, 0.1) is 5.92 Å². The van der Waals surface area contributed by atoms with Gasteiger partial charge in [0.05, 0.1) is 18.1 Å². The fourth-order valence-corrected chi connectivity index (χ4v) is 3.77. The van der Waals surface area contributed by atoms with Crippen molar-refractivity contribution in [2.75, 3.05) is 19.6 Å². The van der Waals surface area contributed by atoms with E-state index in [1.165, 1.54) is 23.6 Å². The highest BCUT2D eigenvalue weighted by Gasteiger charge is 2.42. The van der Waals surface area contributed by atoms with E-state index in [2.05, 4.69) is 5.32 Å². The molecule has 2 saturated heterocycles. The van der Waals surface area contributed by atoms with Crippen LogP contribution in [0.3, 0.4) is 0 Å². The van der Waals surface area contributed by atoms with Crippen LogP contribution in [-0.4, -0.2) is 93.6 Å². The van der Waals surface area contributed by atoms with Crippen molar-refractivity contribution in [3.63, 3.8) is 0 Å². The quantitative estimate of drug-likeness (QED) is 0.293. The minimum Gasteiger partial charge on any atom is -0.391 e. The van der Waals surface area contributed by atoms with E-state index in [4.69, 9.17) is 11.5 Å². The fraction of sp³-hybridized carbons (Fsp3) is 0.778. The lowest BCUT2D eigenvalue weighted by Gasteiger charge is -2.30. The molecule has 0 saturated carbocycles. The second-order valence-corrected chi connectivity index (χ2v) is 7.86. The minimum absolute atomic E-state index is 0.150. The Balaban J connectivity index is 1.98. The maximum absolute atomic E-state index is 12.9. The van der Waals surface area contributed by atoms with Gasteiger partial charge in [-0.15, -0.1) is 0 Å². The van der Waals surface area contributed by atoms with Crippen molar-refractivity contribution in [2.24, 2.45) is 17.4 Å². The van der Waals surface area contributed by atoms with E-state index < -0.39 is 54.0 Å². The zero-order valence-corrected chi connectivity index (χ0v) is 16.8. The molecule has 4 amide bonds. The van der Waals surface area contributed by atoms with Crippen LogP contribution < -0.4 is 16.8 Å². The topological polar surface area (TPSA) is 179 Å². The average Bonchev–Trinajstić information content (AvgIpc) is 3.32. The number of hydrogen-bond acceptors (Lipinski definition) is 7. The summed E-state index contributed by atoms with van der Waals surface area (Å²) in [6.45, 7) is 3.66. The highest BCUT2D eigenvalue weighted by atomic mass is 16.3. The number of carbonyl (C=O) groups is 4. The Bertz CT molecular complexity index is 655. The molecule has 2 heterocycles. The highest BCUT2D eigenvalue weighted by Crippen LogP contribution is 2.24. The molecule has 11 nitrogen and oxygen atoms in total. The number of hydrogen-bond donors (Lipinski definition) is 5. The van der Waals surface area contributed by atoms with Gasteiger partial charge in [0.15, 0.2) is 0 Å². The molecule has 2 aliphatic heterocycles. The van der Waals surface area contributed by atoms with E-state index in [1.807, 2.05) is 0 Å². The van der Waals surface area contributed by atoms with Crippen LogP contribution in [0.2, 0.25) is 0 Å². The number of aliphatic hydroxyl groups excluding tert-OH is 2. The van der Waals surface area contributed by atoms with Gasteiger partial charge in [0.1, 0.15) is 18.1 Å². The Morgan fingerprint density at radius 2 is 1.72 bits per heavy atom. The molecule has 0 spiro atoms. The molecular formula is C18H31N5O6. The van der Waals surface area contributed by atoms with Gasteiger partial charge in [-0.2, -0.15) is 0 Å². The molecule has 2 rings (SSSR count). The van der Waals surface area contributed by atoms with E-state index in [-0.39, 0.29) is 12.5 Å². The van der Waals surface area contributed by atoms with E-state index in [1.54, 1.807) is 0 Å². The van der Waals surface area contributed by atoms with E-state index in [9.17, 15) is 29.4 Å². The van der Waals surface area contributed by atoms with Crippen molar-refractivity contribution in [2.45, 2.75) is 63.4 Å². The maximum atomic E-state index is 12.9.